The van der Waals surface area contributed by atoms with Crippen molar-refractivity contribution in [3.05, 3.63) is 52.1 Å². The van der Waals surface area contributed by atoms with Crippen LogP contribution in [0, 0.1) is 0 Å². The summed E-state index contributed by atoms with van der Waals surface area (Å²) in [5.74, 6) is 1.29. The molecule has 10 heteroatoms. The van der Waals surface area contributed by atoms with Gasteiger partial charge in [-0.3, -0.25) is 14.3 Å². The van der Waals surface area contributed by atoms with Crippen molar-refractivity contribution < 1.29 is 9.53 Å². The molecule has 1 N–H and O–H groups in total. The quantitative estimate of drug-likeness (QED) is 0.422. The van der Waals surface area contributed by atoms with E-state index in [0.29, 0.717) is 42.1 Å². The van der Waals surface area contributed by atoms with E-state index in [1.54, 1.807) is 16.9 Å². The first kappa shape index (κ1) is 21.4. The number of hydrogen-bond acceptors (Lipinski definition) is 7. The monoisotopic (exact) mass is 435 g/mol. The second kappa shape index (κ2) is 8.74. The van der Waals surface area contributed by atoms with E-state index in [4.69, 9.17) is 4.74 Å². The molecule has 0 fully saturated rings. The van der Waals surface area contributed by atoms with Crippen molar-refractivity contribution in [3.8, 4) is 17.3 Å². The molecule has 0 amide bonds. The summed E-state index contributed by atoms with van der Waals surface area (Å²) in [6, 6.07) is 1.65. The Hall–Kier alpha value is -3.82. The van der Waals surface area contributed by atoms with E-state index in [0.717, 1.165) is 17.9 Å². The van der Waals surface area contributed by atoms with E-state index < -0.39 is 5.56 Å². The van der Waals surface area contributed by atoms with Crippen LogP contribution in [0.1, 0.15) is 49.1 Å². The molecular formula is C22H25N7O3. The zero-order valence-corrected chi connectivity index (χ0v) is 18.5. The number of rotatable bonds is 8. The van der Waals surface area contributed by atoms with Gasteiger partial charge in [-0.15, -0.1) is 0 Å². The van der Waals surface area contributed by atoms with Gasteiger partial charge in [0.1, 0.15) is 11.6 Å². The Bertz CT molecular complexity index is 1350. The molecule has 4 aromatic heterocycles. The highest BCUT2D eigenvalue weighted by molar-refractivity contribution is 5.95. The Morgan fingerprint density at radius 3 is 2.72 bits per heavy atom. The fourth-order valence-corrected chi connectivity index (χ4v) is 3.51. The molecule has 0 bridgehead atoms. The van der Waals surface area contributed by atoms with E-state index in [-0.39, 0.29) is 17.1 Å². The highest BCUT2D eigenvalue weighted by Crippen LogP contribution is 2.28. The Labute approximate surface area is 184 Å². The second-order valence-corrected chi connectivity index (χ2v) is 7.51. The summed E-state index contributed by atoms with van der Waals surface area (Å²) >= 11 is 0. The van der Waals surface area contributed by atoms with Crippen LogP contribution in [0.2, 0.25) is 0 Å². The predicted octanol–water partition coefficient (Wildman–Crippen LogP) is 2.52. The van der Waals surface area contributed by atoms with Crippen LogP contribution in [0.4, 0.5) is 0 Å². The van der Waals surface area contributed by atoms with Gasteiger partial charge in [-0.1, -0.05) is 13.8 Å². The lowest BCUT2D eigenvalue weighted by atomic mass is 10.1. The fraction of sp³-hybridized carbons (Fsp3) is 0.364. The first-order valence-electron chi connectivity index (χ1n) is 10.5. The highest BCUT2D eigenvalue weighted by Gasteiger charge is 2.20. The van der Waals surface area contributed by atoms with Gasteiger partial charge in [0.2, 0.25) is 5.88 Å². The number of H-pyrrole nitrogens is 1. The average Bonchev–Trinajstić information content (AvgIpc) is 3.35. The normalized spacial score (nSPS) is 11.2. The number of imidazole rings is 1. The number of pyridine rings is 1. The van der Waals surface area contributed by atoms with Gasteiger partial charge in [0.15, 0.2) is 11.3 Å². The van der Waals surface area contributed by atoms with Crippen LogP contribution in [-0.2, 0) is 20.0 Å². The summed E-state index contributed by atoms with van der Waals surface area (Å²) in [7, 11) is 1.91. The van der Waals surface area contributed by atoms with Crippen molar-refractivity contribution in [1.29, 1.82) is 0 Å². The maximum absolute atomic E-state index is 12.9. The van der Waals surface area contributed by atoms with Crippen molar-refractivity contribution >= 4 is 16.8 Å². The molecule has 4 aromatic rings. The first-order chi connectivity index (χ1) is 15.4. The molecule has 10 nitrogen and oxygen atoms in total. The van der Waals surface area contributed by atoms with Gasteiger partial charge in [0.05, 0.1) is 29.9 Å². The number of aromatic amines is 1. The summed E-state index contributed by atoms with van der Waals surface area (Å²) < 4.78 is 9.44. The maximum atomic E-state index is 12.9. The largest absolute Gasteiger partial charge is 0.477 e. The van der Waals surface area contributed by atoms with Gasteiger partial charge in [0, 0.05) is 31.2 Å². The topological polar surface area (TPSA) is 121 Å². The molecule has 0 unspecified atom stereocenters. The number of nitrogens with zero attached hydrogens (tertiary/aromatic N) is 6. The molecular weight excluding hydrogens is 410 g/mol. The zero-order chi connectivity index (χ0) is 22.8. The highest BCUT2D eigenvalue weighted by atomic mass is 16.5. The molecule has 0 radical (unpaired) electrons. The minimum absolute atomic E-state index is 0.138. The van der Waals surface area contributed by atoms with E-state index in [1.165, 1.54) is 13.1 Å². The fourth-order valence-electron chi connectivity index (χ4n) is 3.51. The number of carbonyl (C=O) groups is 1. The Kier molecular flexibility index (Phi) is 5.85. The minimum Gasteiger partial charge on any atom is -0.477 e. The molecule has 4 rings (SSSR count). The van der Waals surface area contributed by atoms with Crippen molar-refractivity contribution in [1.82, 2.24) is 34.3 Å². The van der Waals surface area contributed by atoms with E-state index in [2.05, 4.69) is 25.0 Å². The van der Waals surface area contributed by atoms with E-state index >= 15 is 0 Å². The Balaban J connectivity index is 1.88. The minimum atomic E-state index is -0.461. The number of aromatic nitrogens is 7. The van der Waals surface area contributed by atoms with Crippen LogP contribution in [-0.4, -0.2) is 46.7 Å². The Morgan fingerprint density at radius 1 is 1.25 bits per heavy atom. The molecule has 4 heterocycles. The molecule has 0 saturated heterocycles. The molecule has 0 spiro atoms. The van der Waals surface area contributed by atoms with Crippen molar-refractivity contribution in [3.63, 3.8) is 0 Å². The number of Topliss-reactive ketones (excluding diaryl/α,β-unsaturated/α-hetero) is 1. The van der Waals surface area contributed by atoms with Crippen molar-refractivity contribution in [2.24, 2.45) is 7.05 Å². The standard InChI is InChI=1S/C22H25N7O3/c1-5-9-32-22-15(10-14(11-24-22)13(3)30)20-25-18-16(6-2)29(27-19(18)21(31)26-20)12-17-23-7-8-28(17)4/h7-8,10-11H,5-6,9,12H2,1-4H3,(H,25,26,31). The number of aryl methyl sites for hydroxylation is 2. The first-order valence-corrected chi connectivity index (χ1v) is 10.5. The van der Waals surface area contributed by atoms with Crippen LogP contribution in [0.15, 0.2) is 29.5 Å². The maximum Gasteiger partial charge on any atom is 0.301 e. The van der Waals surface area contributed by atoms with Gasteiger partial charge in [-0.25, -0.2) is 9.97 Å². The van der Waals surface area contributed by atoms with Gasteiger partial charge in [0.25, 0.3) is 0 Å². The molecule has 32 heavy (non-hydrogen) atoms. The lowest BCUT2D eigenvalue weighted by molar-refractivity contribution is 0.101. The number of hydrogen-bond donors (Lipinski definition) is 1. The summed E-state index contributed by atoms with van der Waals surface area (Å²) in [6.07, 6.45) is 6.49. The summed E-state index contributed by atoms with van der Waals surface area (Å²) in [4.78, 5) is 40.9. The third kappa shape index (κ3) is 3.91. The van der Waals surface area contributed by atoms with Crippen LogP contribution in [0.5, 0.6) is 5.88 Å². The molecule has 0 saturated carbocycles. The number of fused-ring (bicyclic) bond motifs is 1. The van der Waals surface area contributed by atoms with Gasteiger partial charge in [-0.05, 0) is 25.8 Å². The van der Waals surface area contributed by atoms with Gasteiger partial charge < -0.3 is 14.3 Å². The Morgan fingerprint density at radius 2 is 2.06 bits per heavy atom. The third-order valence-corrected chi connectivity index (χ3v) is 5.22. The average molecular weight is 435 g/mol. The molecule has 0 aliphatic rings. The third-order valence-electron chi connectivity index (χ3n) is 5.22. The number of carbonyl (C=O) groups excluding carboxylic acids is 1. The summed E-state index contributed by atoms with van der Waals surface area (Å²) in [6.45, 7) is 6.32. The molecule has 0 aliphatic carbocycles. The molecule has 166 valence electrons. The predicted molar refractivity (Wildman–Crippen MR) is 119 cm³/mol. The van der Waals surface area contributed by atoms with Crippen LogP contribution < -0.4 is 10.3 Å². The number of ketones is 1. The van der Waals surface area contributed by atoms with E-state index in [9.17, 15) is 9.59 Å². The molecule has 0 atom stereocenters. The van der Waals surface area contributed by atoms with Gasteiger partial charge in [-0.2, -0.15) is 10.1 Å². The second-order valence-electron chi connectivity index (χ2n) is 7.51. The van der Waals surface area contributed by atoms with Gasteiger partial charge >= 0.3 is 5.56 Å². The SMILES string of the molecule is CCCOc1ncc(C(C)=O)cc1-c1nc(=O)c2nn(Cc3nccn3C)c(CC)c2[nH]1. The zero-order valence-electron chi connectivity index (χ0n) is 18.5. The lowest BCUT2D eigenvalue weighted by Gasteiger charge is -2.11. The molecule has 0 aliphatic heterocycles. The summed E-state index contributed by atoms with van der Waals surface area (Å²) in [5.41, 5.74) is 2.13. The van der Waals surface area contributed by atoms with Crippen LogP contribution in [0.3, 0.4) is 0 Å². The van der Waals surface area contributed by atoms with Crippen LogP contribution in [0.25, 0.3) is 22.4 Å². The smallest absolute Gasteiger partial charge is 0.301 e. The van der Waals surface area contributed by atoms with Crippen molar-refractivity contribution in [2.75, 3.05) is 6.61 Å². The van der Waals surface area contributed by atoms with E-state index in [1.807, 2.05) is 31.7 Å². The summed E-state index contributed by atoms with van der Waals surface area (Å²) in [5, 5.41) is 4.51. The van der Waals surface area contributed by atoms with Crippen molar-refractivity contribution in [2.45, 2.75) is 40.2 Å². The van der Waals surface area contributed by atoms with Crippen LogP contribution >= 0.6 is 0 Å². The number of ether oxygens (including phenoxy) is 1. The lowest BCUT2D eigenvalue weighted by Crippen LogP contribution is -2.12. The molecule has 0 aromatic carbocycles. The number of nitrogens with one attached hydrogen (secondary N) is 1.